The number of nitrogens with zero attached hydrogens (tertiary/aromatic N) is 3. The zero-order valence-corrected chi connectivity index (χ0v) is 19.0. The van der Waals surface area contributed by atoms with Gasteiger partial charge in [-0.05, 0) is 57.4 Å². The van der Waals surface area contributed by atoms with Gasteiger partial charge in [0.05, 0.1) is 10.2 Å². The van der Waals surface area contributed by atoms with E-state index in [2.05, 4.69) is 25.8 Å². The number of carbonyl (C=O) groups is 1. The first-order chi connectivity index (χ1) is 13.0. The van der Waals surface area contributed by atoms with Crippen LogP contribution < -0.4 is 9.64 Å². The van der Waals surface area contributed by atoms with E-state index in [-0.39, 0.29) is 24.9 Å². The van der Waals surface area contributed by atoms with Crippen molar-refractivity contribution in [2.45, 2.75) is 6.42 Å². The maximum absolute atomic E-state index is 12.9. The summed E-state index contributed by atoms with van der Waals surface area (Å²) < 4.78 is 7.71. The number of aromatic nitrogens is 1. The van der Waals surface area contributed by atoms with Crippen LogP contribution in [0.5, 0.6) is 5.75 Å². The highest BCUT2D eigenvalue weighted by atomic mass is 79.9. The first kappa shape index (κ1) is 22.6. The van der Waals surface area contributed by atoms with Crippen molar-refractivity contribution in [1.82, 2.24) is 9.88 Å². The van der Waals surface area contributed by atoms with Crippen LogP contribution in [0.3, 0.4) is 0 Å². The lowest BCUT2D eigenvalue weighted by Gasteiger charge is -2.21. The number of para-hydroxylation sites is 1. The van der Waals surface area contributed by atoms with E-state index in [1.165, 1.54) is 11.3 Å². The van der Waals surface area contributed by atoms with Crippen LogP contribution in [0, 0.1) is 0 Å². The second kappa shape index (κ2) is 10.8. The highest BCUT2D eigenvalue weighted by Crippen LogP contribution is 2.31. The summed E-state index contributed by atoms with van der Waals surface area (Å²) in [6.07, 6.45) is 0.865. The third-order valence-corrected chi connectivity index (χ3v) is 5.50. The molecule has 0 unspecified atom stereocenters. The van der Waals surface area contributed by atoms with Crippen LogP contribution in [0.25, 0.3) is 10.2 Å². The smallest absolute Gasteiger partial charge is 0.266 e. The molecule has 0 saturated carbocycles. The molecule has 0 radical (unpaired) electrons. The summed E-state index contributed by atoms with van der Waals surface area (Å²) >= 11 is 5.01. The van der Waals surface area contributed by atoms with Crippen molar-refractivity contribution in [2.24, 2.45) is 0 Å². The number of carbonyl (C=O) groups excluding carboxylic acids is 1. The Hall–Kier alpha value is -1.67. The third-order valence-electron chi connectivity index (χ3n) is 3.96. The predicted octanol–water partition coefficient (Wildman–Crippen LogP) is 4.84. The van der Waals surface area contributed by atoms with Gasteiger partial charge in [0.1, 0.15) is 5.75 Å². The quantitative estimate of drug-likeness (QED) is 0.459. The fraction of sp³-hybridized carbons (Fsp3) is 0.300. The summed E-state index contributed by atoms with van der Waals surface area (Å²) in [6.45, 7) is 1.50. The van der Waals surface area contributed by atoms with E-state index < -0.39 is 0 Å². The summed E-state index contributed by atoms with van der Waals surface area (Å²) in [5, 5.41) is 0.712. The maximum Gasteiger partial charge on any atom is 0.266 e. The van der Waals surface area contributed by atoms with E-state index in [4.69, 9.17) is 4.74 Å². The van der Waals surface area contributed by atoms with Gasteiger partial charge in [-0.15, -0.1) is 12.4 Å². The standard InChI is InChI=1S/C20H22BrN3O2S.ClH/c1-23(2)11-6-12-24(19(25)14-26-16-7-4-3-5-8-16)20-22-17-10-9-15(21)13-18(17)27-20;/h3-5,7-10,13H,6,11-12,14H2,1-2H3;1H. The van der Waals surface area contributed by atoms with Gasteiger partial charge < -0.3 is 9.64 Å². The molecule has 28 heavy (non-hydrogen) atoms. The number of halogens is 2. The minimum atomic E-state index is -0.0873. The Morgan fingerprint density at radius 2 is 1.89 bits per heavy atom. The van der Waals surface area contributed by atoms with Gasteiger partial charge in [0, 0.05) is 11.0 Å². The maximum atomic E-state index is 12.9. The van der Waals surface area contributed by atoms with Gasteiger partial charge in [0.25, 0.3) is 5.91 Å². The number of benzene rings is 2. The molecular formula is C20H23BrClN3O2S. The minimum Gasteiger partial charge on any atom is -0.484 e. The Labute approximate surface area is 183 Å². The number of rotatable bonds is 8. The largest absolute Gasteiger partial charge is 0.484 e. The van der Waals surface area contributed by atoms with Crippen LogP contribution in [-0.4, -0.2) is 49.6 Å². The number of hydrogen-bond acceptors (Lipinski definition) is 5. The Morgan fingerprint density at radius 1 is 1.14 bits per heavy atom. The zero-order valence-electron chi connectivity index (χ0n) is 15.8. The molecule has 3 rings (SSSR count). The monoisotopic (exact) mass is 483 g/mol. The number of anilines is 1. The predicted molar refractivity (Wildman–Crippen MR) is 122 cm³/mol. The first-order valence-electron chi connectivity index (χ1n) is 8.72. The van der Waals surface area contributed by atoms with Crippen molar-refractivity contribution in [3.63, 3.8) is 0 Å². The summed E-state index contributed by atoms with van der Waals surface area (Å²) in [4.78, 5) is 21.4. The van der Waals surface area contributed by atoms with Crippen molar-refractivity contribution >= 4 is 60.9 Å². The van der Waals surface area contributed by atoms with Gasteiger partial charge in [0.15, 0.2) is 11.7 Å². The lowest BCUT2D eigenvalue weighted by Crippen LogP contribution is -2.36. The molecule has 0 spiro atoms. The number of thiazole rings is 1. The van der Waals surface area contributed by atoms with Crippen molar-refractivity contribution in [2.75, 3.05) is 38.7 Å². The van der Waals surface area contributed by atoms with Gasteiger partial charge in [0.2, 0.25) is 0 Å². The van der Waals surface area contributed by atoms with Crippen LogP contribution in [0.4, 0.5) is 5.13 Å². The summed E-state index contributed by atoms with van der Waals surface area (Å²) in [5.74, 6) is 0.600. The lowest BCUT2D eigenvalue weighted by molar-refractivity contribution is -0.120. The van der Waals surface area contributed by atoms with Crippen LogP contribution in [0.2, 0.25) is 0 Å². The molecule has 0 fully saturated rings. The van der Waals surface area contributed by atoms with Crippen LogP contribution in [-0.2, 0) is 4.79 Å². The molecule has 1 aromatic heterocycles. The molecule has 0 aliphatic rings. The van der Waals surface area contributed by atoms with E-state index in [0.717, 1.165) is 27.7 Å². The lowest BCUT2D eigenvalue weighted by atomic mass is 10.3. The number of ether oxygens (including phenoxy) is 1. The second-order valence-electron chi connectivity index (χ2n) is 6.41. The van der Waals surface area contributed by atoms with Gasteiger partial charge in [-0.1, -0.05) is 45.5 Å². The fourth-order valence-electron chi connectivity index (χ4n) is 2.61. The van der Waals surface area contributed by atoms with Crippen molar-refractivity contribution < 1.29 is 9.53 Å². The molecule has 0 atom stereocenters. The van der Waals surface area contributed by atoms with Gasteiger partial charge in [-0.25, -0.2) is 4.98 Å². The van der Waals surface area contributed by atoms with E-state index >= 15 is 0 Å². The van der Waals surface area contributed by atoms with Crippen molar-refractivity contribution in [3.8, 4) is 5.75 Å². The van der Waals surface area contributed by atoms with Crippen molar-refractivity contribution in [3.05, 3.63) is 53.0 Å². The second-order valence-corrected chi connectivity index (χ2v) is 8.34. The normalized spacial score (nSPS) is 10.7. The Morgan fingerprint density at radius 3 is 2.61 bits per heavy atom. The summed E-state index contributed by atoms with van der Waals surface area (Å²) in [7, 11) is 4.06. The third kappa shape index (κ3) is 6.17. The van der Waals surface area contributed by atoms with Crippen LogP contribution in [0.15, 0.2) is 53.0 Å². The average molecular weight is 485 g/mol. The van der Waals surface area contributed by atoms with Crippen molar-refractivity contribution in [1.29, 1.82) is 0 Å². The molecular weight excluding hydrogens is 462 g/mol. The average Bonchev–Trinajstić information content (AvgIpc) is 3.06. The molecule has 0 saturated heterocycles. The van der Waals surface area contributed by atoms with Gasteiger partial charge in [-0.3, -0.25) is 9.69 Å². The number of amides is 1. The molecule has 3 aromatic rings. The summed E-state index contributed by atoms with van der Waals surface area (Å²) in [5.41, 5.74) is 0.896. The Kier molecular flexibility index (Phi) is 8.69. The molecule has 0 aliphatic carbocycles. The Balaban J connectivity index is 0.00000280. The number of fused-ring (bicyclic) bond motifs is 1. The summed E-state index contributed by atoms with van der Waals surface area (Å²) in [6, 6.07) is 15.3. The van der Waals surface area contributed by atoms with Gasteiger partial charge in [-0.2, -0.15) is 0 Å². The van der Waals surface area contributed by atoms with E-state index in [1.54, 1.807) is 4.90 Å². The Bertz CT molecular complexity index is 905. The molecule has 1 heterocycles. The molecule has 8 heteroatoms. The van der Waals surface area contributed by atoms with E-state index in [0.29, 0.717) is 17.4 Å². The molecule has 0 aliphatic heterocycles. The highest BCUT2D eigenvalue weighted by Gasteiger charge is 2.20. The molecule has 0 bridgehead atoms. The topological polar surface area (TPSA) is 45.7 Å². The molecule has 150 valence electrons. The molecule has 2 aromatic carbocycles. The molecule has 0 N–H and O–H groups in total. The highest BCUT2D eigenvalue weighted by molar-refractivity contribution is 9.10. The van der Waals surface area contributed by atoms with Gasteiger partial charge >= 0.3 is 0 Å². The van der Waals surface area contributed by atoms with Crippen LogP contribution in [0.1, 0.15) is 6.42 Å². The van der Waals surface area contributed by atoms with E-state index in [1.807, 2.05) is 62.6 Å². The van der Waals surface area contributed by atoms with E-state index in [9.17, 15) is 4.79 Å². The zero-order chi connectivity index (χ0) is 19.2. The minimum absolute atomic E-state index is 0. The number of hydrogen-bond donors (Lipinski definition) is 0. The fourth-order valence-corrected chi connectivity index (χ4v) is 4.17. The molecule has 5 nitrogen and oxygen atoms in total. The molecule has 1 amide bonds. The van der Waals surface area contributed by atoms with Crippen LogP contribution >= 0.6 is 39.7 Å². The SMILES string of the molecule is CN(C)CCCN(C(=O)COc1ccccc1)c1nc2ccc(Br)cc2s1.Cl. The first-order valence-corrected chi connectivity index (χ1v) is 10.3.